The van der Waals surface area contributed by atoms with Crippen LogP contribution in [0.2, 0.25) is 0 Å². The first kappa shape index (κ1) is 13.5. The molecule has 1 aliphatic rings. The molecule has 0 saturated carbocycles. The van der Waals surface area contributed by atoms with Crippen molar-refractivity contribution in [2.24, 2.45) is 0 Å². The summed E-state index contributed by atoms with van der Waals surface area (Å²) in [4.78, 5) is 0.279. The molecule has 0 saturated heterocycles. The van der Waals surface area contributed by atoms with E-state index >= 15 is 0 Å². The number of rotatable bonds is 0. The molecule has 2 aromatic rings. The van der Waals surface area contributed by atoms with Crippen LogP contribution in [0.15, 0.2) is 47.4 Å². The van der Waals surface area contributed by atoms with Gasteiger partial charge in [-0.05, 0) is 30.2 Å². The van der Waals surface area contributed by atoms with E-state index in [0.29, 0.717) is 11.3 Å². The summed E-state index contributed by atoms with van der Waals surface area (Å²) >= 11 is 6.56. The van der Waals surface area contributed by atoms with Crippen molar-refractivity contribution in [3.05, 3.63) is 59.2 Å². The number of aryl methyl sites for hydroxylation is 1. The summed E-state index contributed by atoms with van der Waals surface area (Å²) < 4.78 is 26.7. The van der Waals surface area contributed by atoms with E-state index in [1.165, 1.54) is 4.31 Å². The lowest BCUT2D eigenvalue weighted by Gasteiger charge is -2.19. The maximum absolute atomic E-state index is 12.7. The van der Waals surface area contributed by atoms with Crippen molar-refractivity contribution in [2.45, 2.75) is 17.2 Å². The molecule has 0 spiro atoms. The molecule has 0 fully saturated rings. The van der Waals surface area contributed by atoms with Gasteiger partial charge in [-0.1, -0.05) is 35.9 Å². The highest BCUT2D eigenvalue weighted by molar-refractivity contribution is 7.92. The zero-order valence-corrected chi connectivity index (χ0v) is 12.7. The summed E-state index contributed by atoms with van der Waals surface area (Å²) in [6, 6.07) is 12.6. The average Bonchev–Trinajstić information content (AvgIpc) is 2.49. The van der Waals surface area contributed by atoms with Gasteiger partial charge in [0.1, 0.15) is 0 Å². The molecule has 1 unspecified atom stereocenters. The highest BCUT2D eigenvalue weighted by atomic mass is 35.5. The third kappa shape index (κ3) is 1.83. The van der Waals surface area contributed by atoms with Gasteiger partial charge in [0.05, 0.1) is 16.0 Å². The minimum Gasteiger partial charge on any atom is -0.269 e. The molecule has 5 heteroatoms. The van der Waals surface area contributed by atoms with Crippen LogP contribution >= 0.6 is 11.6 Å². The Bertz CT molecular complexity index is 786. The summed E-state index contributed by atoms with van der Waals surface area (Å²) in [5.74, 6) is 0. The lowest BCUT2D eigenvalue weighted by atomic mass is 10.0. The van der Waals surface area contributed by atoms with Crippen molar-refractivity contribution in [2.75, 3.05) is 11.4 Å². The molecule has 1 heterocycles. The molecule has 1 aliphatic heterocycles. The number of alkyl halides is 1. The van der Waals surface area contributed by atoms with E-state index in [-0.39, 0.29) is 4.90 Å². The maximum atomic E-state index is 12.7. The minimum atomic E-state index is -3.57. The van der Waals surface area contributed by atoms with Crippen LogP contribution in [-0.2, 0) is 10.0 Å². The molecule has 0 aromatic heterocycles. The standard InChI is InChI=1S/C15H14ClNO2S/c1-10-7-8-14-12(9-10)15(16)11-5-3-4-6-13(11)17(2)20(14,18)19/h3-9,15H,1-2H3. The monoisotopic (exact) mass is 307 g/mol. The van der Waals surface area contributed by atoms with Crippen molar-refractivity contribution in [1.82, 2.24) is 0 Å². The van der Waals surface area contributed by atoms with E-state index in [1.54, 1.807) is 25.2 Å². The van der Waals surface area contributed by atoms with Crippen molar-refractivity contribution in [3.8, 4) is 0 Å². The number of para-hydroxylation sites is 1. The first-order chi connectivity index (χ1) is 9.43. The van der Waals surface area contributed by atoms with Crippen molar-refractivity contribution in [1.29, 1.82) is 0 Å². The number of sulfonamides is 1. The Hall–Kier alpha value is -1.52. The number of anilines is 1. The van der Waals surface area contributed by atoms with Gasteiger partial charge >= 0.3 is 0 Å². The largest absolute Gasteiger partial charge is 0.269 e. The molecule has 0 aliphatic carbocycles. The van der Waals surface area contributed by atoms with Crippen LogP contribution < -0.4 is 4.31 Å². The Morgan fingerprint density at radius 1 is 1.10 bits per heavy atom. The van der Waals surface area contributed by atoms with Crippen LogP contribution in [0.3, 0.4) is 0 Å². The van der Waals surface area contributed by atoms with Gasteiger partial charge < -0.3 is 0 Å². The number of nitrogens with zero attached hydrogens (tertiary/aromatic N) is 1. The Morgan fingerprint density at radius 2 is 1.80 bits per heavy atom. The van der Waals surface area contributed by atoms with Crippen LogP contribution in [0.4, 0.5) is 5.69 Å². The van der Waals surface area contributed by atoms with Gasteiger partial charge in [0.25, 0.3) is 10.0 Å². The predicted octanol–water partition coefficient (Wildman–Crippen LogP) is 3.46. The van der Waals surface area contributed by atoms with E-state index in [9.17, 15) is 8.42 Å². The first-order valence-electron chi connectivity index (χ1n) is 6.25. The molecule has 1 atom stereocenters. The molecule has 3 rings (SSSR count). The molecule has 3 nitrogen and oxygen atoms in total. The van der Waals surface area contributed by atoms with Crippen molar-refractivity contribution >= 4 is 27.3 Å². The molecule has 104 valence electrons. The second-order valence-electron chi connectivity index (χ2n) is 4.94. The molecule has 0 amide bonds. The summed E-state index contributed by atoms with van der Waals surface area (Å²) in [6.07, 6.45) is 0. The molecule has 20 heavy (non-hydrogen) atoms. The number of halogens is 1. The summed E-state index contributed by atoms with van der Waals surface area (Å²) in [5, 5.41) is -0.471. The summed E-state index contributed by atoms with van der Waals surface area (Å²) in [5.41, 5.74) is 3.07. The van der Waals surface area contributed by atoms with Gasteiger partial charge in [-0.15, -0.1) is 11.6 Å². The number of fused-ring (bicyclic) bond motifs is 2. The molecule has 0 radical (unpaired) electrons. The van der Waals surface area contributed by atoms with Crippen LogP contribution in [0.1, 0.15) is 22.1 Å². The number of hydrogen-bond acceptors (Lipinski definition) is 2. The SMILES string of the molecule is Cc1ccc2c(c1)C(Cl)c1ccccc1N(C)S2(=O)=O. The van der Waals surface area contributed by atoms with Crippen LogP contribution in [0.25, 0.3) is 0 Å². The molecule has 0 N–H and O–H groups in total. The Labute approximate surface area is 123 Å². The van der Waals surface area contributed by atoms with Gasteiger partial charge in [0.2, 0.25) is 0 Å². The smallest absolute Gasteiger partial charge is 0.264 e. The highest BCUT2D eigenvalue weighted by Crippen LogP contribution is 2.43. The average molecular weight is 308 g/mol. The Balaban J connectivity index is 2.41. The normalized spacial score (nSPS) is 19.9. The summed E-state index contributed by atoms with van der Waals surface area (Å²) in [7, 11) is -2.01. The van der Waals surface area contributed by atoms with E-state index in [0.717, 1.165) is 11.1 Å². The van der Waals surface area contributed by atoms with Crippen molar-refractivity contribution < 1.29 is 8.42 Å². The van der Waals surface area contributed by atoms with Crippen LogP contribution in [-0.4, -0.2) is 15.5 Å². The fourth-order valence-electron chi connectivity index (χ4n) is 2.53. The van der Waals surface area contributed by atoms with Crippen LogP contribution in [0.5, 0.6) is 0 Å². The highest BCUT2D eigenvalue weighted by Gasteiger charge is 2.33. The minimum absolute atomic E-state index is 0.279. The van der Waals surface area contributed by atoms with E-state index in [2.05, 4.69) is 0 Å². The van der Waals surface area contributed by atoms with Gasteiger partial charge in [-0.3, -0.25) is 4.31 Å². The zero-order valence-electron chi connectivity index (χ0n) is 11.2. The van der Waals surface area contributed by atoms with Gasteiger partial charge in [0, 0.05) is 7.05 Å². The lowest BCUT2D eigenvalue weighted by molar-refractivity contribution is 0.594. The van der Waals surface area contributed by atoms with E-state index in [4.69, 9.17) is 11.6 Å². The van der Waals surface area contributed by atoms with Gasteiger partial charge in [-0.2, -0.15) is 0 Å². The second-order valence-corrected chi connectivity index (χ2v) is 7.31. The molecular weight excluding hydrogens is 294 g/mol. The van der Waals surface area contributed by atoms with Gasteiger partial charge in [0.15, 0.2) is 0 Å². The van der Waals surface area contributed by atoms with E-state index < -0.39 is 15.4 Å². The Kier molecular flexibility index (Phi) is 3.03. The van der Waals surface area contributed by atoms with Crippen molar-refractivity contribution in [3.63, 3.8) is 0 Å². The first-order valence-corrected chi connectivity index (χ1v) is 8.13. The molecule has 0 bridgehead atoms. The van der Waals surface area contributed by atoms with Gasteiger partial charge in [-0.25, -0.2) is 8.42 Å². The number of benzene rings is 2. The third-order valence-electron chi connectivity index (χ3n) is 3.63. The molecule has 2 aromatic carbocycles. The topological polar surface area (TPSA) is 37.4 Å². The maximum Gasteiger partial charge on any atom is 0.264 e. The fourth-order valence-corrected chi connectivity index (χ4v) is 4.40. The lowest BCUT2D eigenvalue weighted by Crippen LogP contribution is -2.26. The molecular formula is C15H14ClNO2S. The van der Waals surface area contributed by atoms with Crippen LogP contribution in [0, 0.1) is 6.92 Å². The number of hydrogen-bond donors (Lipinski definition) is 0. The quantitative estimate of drug-likeness (QED) is 0.699. The predicted molar refractivity (Wildman–Crippen MR) is 80.9 cm³/mol. The van der Waals surface area contributed by atoms with E-state index in [1.807, 2.05) is 31.2 Å². The third-order valence-corrected chi connectivity index (χ3v) is 5.94. The summed E-state index contributed by atoms with van der Waals surface area (Å²) in [6.45, 7) is 1.93. The zero-order chi connectivity index (χ0) is 14.5. The second kappa shape index (κ2) is 4.50. The Morgan fingerprint density at radius 3 is 2.55 bits per heavy atom. The fraction of sp³-hybridized carbons (Fsp3) is 0.200.